The number of carbonyl (C=O) groups excluding carboxylic acids is 1. The Bertz CT molecular complexity index is 580. The van der Waals surface area contributed by atoms with E-state index < -0.39 is 0 Å². The van der Waals surface area contributed by atoms with E-state index >= 15 is 0 Å². The van der Waals surface area contributed by atoms with Crippen molar-refractivity contribution >= 4 is 28.8 Å². The Balaban J connectivity index is 2.07. The molecule has 0 bridgehead atoms. The molecule has 0 radical (unpaired) electrons. The van der Waals surface area contributed by atoms with E-state index in [0.29, 0.717) is 36.9 Å². The molecule has 8 heteroatoms. The number of rotatable bonds is 7. The molecule has 4 N–H and O–H groups in total. The third-order valence-corrected chi connectivity index (χ3v) is 2.64. The first-order valence-corrected chi connectivity index (χ1v) is 6.70. The Morgan fingerprint density at radius 3 is 2.85 bits per heavy atom. The van der Waals surface area contributed by atoms with Crippen molar-refractivity contribution in [3.63, 3.8) is 0 Å². The fourth-order valence-corrected chi connectivity index (χ4v) is 1.78. The first kappa shape index (κ1) is 14.0. The van der Waals surface area contributed by atoms with Crippen molar-refractivity contribution in [3.8, 4) is 0 Å². The Hall–Kier alpha value is -2.38. The van der Waals surface area contributed by atoms with Crippen molar-refractivity contribution in [2.45, 2.75) is 20.3 Å². The zero-order valence-electron chi connectivity index (χ0n) is 11.7. The predicted molar refractivity (Wildman–Crippen MR) is 77.6 cm³/mol. The molecule has 0 atom stereocenters. The topological polar surface area (TPSA) is 108 Å². The standard InChI is InChI=1S/C12H19N7O/c1-3-13-8(20)5-6-15-10-9-11(17-7-16-9)19-12(18-10)14-4-2/h7H,3-6H2,1-2H3,(H,13,20)(H3,14,15,16,17,18,19). The van der Waals surface area contributed by atoms with Gasteiger partial charge in [0, 0.05) is 26.1 Å². The number of fused-ring (bicyclic) bond motifs is 1. The number of hydrogen-bond acceptors (Lipinski definition) is 6. The lowest BCUT2D eigenvalue weighted by molar-refractivity contribution is -0.120. The lowest BCUT2D eigenvalue weighted by Gasteiger charge is -2.08. The Labute approximate surface area is 116 Å². The van der Waals surface area contributed by atoms with Gasteiger partial charge in [-0.25, -0.2) is 4.98 Å². The van der Waals surface area contributed by atoms with Crippen LogP contribution in [0, 0.1) is 0 Å². The Morgan fingerprint density at radius 1 is 1.25 bits per heavy atom. The normalized spacial score (nSPS) is 10.5. The summed E-state index contributed by atoms with van der Waals surface area (Å²) in [6, 6.07) is 0. The molecule has 0 aliphatic carbocycles. The third kappa shape index (κ3) is 3.34. The number of nitrogens with zero attached hydrogens (tertiary/aromatic N) is 3. The first-order chi connectivity index (χ1) is 9.74. The molecular formula is C12H19N7O. The van der Waals surface area contributed by atoms with E-state index in [-0.39, 0.29) is 5.91 Å². The molecule has 0 aliphatic heterocycles. The summed E-state index contributed by atoms with van der Waals surface area (Å²) in [4.78, 5) is 27.2. The molecule has 108 valence electrons. The van der Waals surface area contributed by atoms with Crippen LogP contribution >= 0.6 is 0 Å². The first-order valence-electron chi connectivity index (χ1n) is 6.70. The highest BCUT2D eigenvalue weighted by Gasteiger charge is 2.09. The number of aromatic nitrogens is 4. The second kappa shape index (κ2) is 6.69. The molecule has 0 fully saturated rings. The van der Waals surface area contributed by atoms with Crippen LogP contribution in [0.15, 0.2) is 6.33 Å². The number of imidazole rings is 1. The van der Waals surface area contributed by atoms with Crippen LogP contribution in [0.3, 0.4) is 0 Å². The highest BCUT2D eigenvalue weighted by molar-refractivity contribution is 5.84. The predicted octanol–water partition coefficient (Wildman–Crippen LogP) is 0.723. The quantitative estimate of drug-likeness (QED) is 0.594. The Morgan fingerprint density at radius 2 is 2.10 bits per heavy atom. The van der Waals surface area contributed by atoms with Gasteiger partial charge in [-0.1, -0.05) is 0 Å². The van der Waals surface area contributed by atoms with Crippen molar-refractivity contribution in [2.75, 3.05) is 30.3 Å². The number of aromatic amines is 1. The number of amides is 1. The summed E-state index contributed by atoms with van der Waals surface area (Å²) in [6.07, 6.45) is 1.97. The average molecular weight is 277 g/mol. The number of nitrogens with one attached hydrogen (secondary N) is 4. The molecule has 0 unspecified atom stereocenters. The van der Waals surface area contributed by atoms with E-state index in [0.717, 1.165) is 12.1 Å². The Kier molecular flexibility index (Phi) is 4.70. The van der Waals surface area contributed by atoms with E-state index in [4.69, 9.17) is 0 Å². The fourth-order valence-electron chi connectivity index (χ4n) is 1.78. The van der Waals surface area contributed by atoms with Crippen LogP contribution in [0.1, 0.15) is 20.3 Å². The minimum absolute atomic E-state index is 0.0156. The van der Waals surface area contributed by atoms with Gasteiger partial charge in [0.2, 0.25) is 11.9 Å². The summed E-state index contributed by atoms with van der Waals surface area (Å²) >= 11 is 0. The van der Waals surface area contributed by atoms with Crippen LogP contribution in [0.5, 0.6) is 0 Å². The van der Waals surface area contributed by atoms with Gasteiger partial charge in [0.1, 0.15) is 5.52 Å². The van der Waals surface area contributed by atoms with Gasteiger partial charge in [0.25, 0.3) is 0 Å². The van der Waals surface area contributed by atoms with Crippen molar-refractivity contribution in [1.82, 2.24) is 25.3 Å². The zero-order valence-corrected chi connectivity index (χ0v) is 11.7. The second-order valence-corrected chi connectivity index (χ2v) is 4.16. The molecule has 2 heterocycles. The molecule has 0 saturated heterocycles. The van der Waals surface area contributed by atoms with Gasteiger partial charge in [0.05, 0.1) is 6.33 Å². The molecule has 2 aromatic rings. The van der Waals surface area contributed by atoms with Gasteiger partial charge in [-0.2, -0.15) is 9.97 Å². The fraction of sp³-hybridized carbons (Fsp3) is 0.500. The van der Waals surface area contributed by atoms with Gasteiger partial charge in [-0.05, 0) is 13.8 Å². The second-order valence-electron chi connectivity index (χ2n) is 4.16. The largest absolute Gasteiger partial charge is 0.368 e. The maximum absolute atomic E-state index is 11.4. The summed E-state index contributed by atoms with van der Waals surface area (Å²) < 4.78 is 0. The summed E-state index contributed by atoms with van der Waals surface area (Å²) in [5, 5.41) is 8.94. The maximum atomic E-state index is 11.4. The summed E-state index contributed by atoms with van der Waals surface area (Å²) in [6.45, 7) is 5.74. The molecule has 0 aromatic carbocycles. The maximum Gasteiger partial charge on any atom is 0.226 e. The monoisotopic (exact) mass is 277 g/mol. The van der Waals surface area contributed by atoms with Gasteiger partial charge < -0.3 is 20.9 Å². The van der Waals surface area contributed by atoms with Crippen molar-refractivity contribution in [1.29, 1.82) is 0 Å². The minimum atomic E-state index is 0.0156. The van der Waals surface area contributed by atoms with Crippen molar-refractivity contribution < 1.29 is 4.79 Å². The van der Waals surface area contributed by atoms with Gasteiger partial charge in [-0.3, -0.25) is 4.79 Å². The van der Waals surface area contributed by atoms with E-state index in [1.54, 1.807) is 6.33 Å². The highest BCUT2D eigenvalue weighted by Crippen LogP contribution is 2.18. The van der Waals surface area contributed by atoms with Crippen molar-refractivity contribution in [3.05, 3.63) is 6.33 Å². The molecule has 2 rings (SSSR count). The minimum Gasteiger partial charge on any atom is -0.368 e. The van der Waals surface area contributed by atoms with Crippen LogP contribution in [-0.2, 0) is 4.79 Å². The number of carbonyl (C=O) groups is 1. The summed E-state index contributed by atoms with van der Waals surface area (Å²) in [7, 11) is 0. The summed E-state index contributed by atoms with van der Waals surface area (Å²) in [5.74, 6) is 1.18. The van der Waals surface area contributed by atoms with Gasteiger partial charge >= 0.3 is 0 Å². The molecular weight excluding hydrogens is 258 g/mol. The number of anilines is 2. The number of hydrogen-bond donors (Lipinski definition) is 4. The average Bonchev–Trinajstić information content (AvgIpc) is 2.88. The van der Waals surface area contributed by atoms with E-state index in [2.05, 4.69) is 35.9 Å². The smallest absolute Gasteiger partial charge is 0.226 e. The zero-order chi connectivity index (χ0) is 14.4. The van der Waals surface area contributed by atoms with Crippen molar-refractivity contribution in [2.24, 2.45) is 0 Å². The van der Waals surface area contributed by atoms with E-state index in [9.17, 15) is 4.79 Å². The lowest BCUT2D eigenvalue weighted by atomic mass is 10.4. The van der Waals surface area contributed by atoms with Crippen LogP contribution in [0.2, 0.25) is 0 Å². The molecule has 0 spiro atoms. The molecule has 0 aliphatic rings. The molecule has 1 amide bonds. The van der Waals surface area contributed by atoms with Crippen LogP contribution in [0.25, 0.3) is 11.2 Å². The third-order valence-electron chi connectivity index (χ3n) is 2.64. The number of H-pyrrole nitrogens is 1. The lowest BCUT2D eigenvalue weighted by Crippen LogP contribution is -2.25. The van der Waals surface area contributed by atoms with Gasteiger partial charge in [-0.15, -0.1) is 0 Å². The highest BCUT2D eigenvalue weighted by atomic mass is 16.1. The van der Waals surface area contributed by atoms with E-state index in [1.807, 2.05) is 13.8 Å². The molecule has 20 heavy (non-hydrogen) atoms. The van der Waals surface area contributed by atoms with E-state index in [1.165, 1.54) is 0 Å². The molecule has 8 nitrogen and oxygen atoms in total. The molecule has 0 saturated carbocycles. The van der Waals surface area contributed by atoms with Crippen LogP contribution < -0.4 is 16.0 Å². The molecule has 2 aromatic heterocycles. The van der Waals surface area contributed by atoms with Gasteiger partial charge in [0.15, 0.2) is 11.5 Å². The summed E-state index contributed by atoms with van der Waals surface area (Å²) in [5.41, 5.74) is 1.33. The van der Waals surface area contributed by atoms with Crippen LogP contribution in [0.4, 0.5) is 11.8 Å². The van der Waals surface area contributed by atoms with Crippen LogP contribution in [-0.4, -0.2) is 45.5 Å². The SMILES string of the molecule is CCNC(=O)CCNc1nc(NCC)nc2nc[nH]c12.